The molecule has 1 heterocycles. The Bertz CT molecular complexity index is 544. The lowest BCUT2D eigenvalue weighted by Gasteiger charge is -2.18. The lowest BCUT2D eigenvalue weighted by atomic mass is 10.0. The number of rotatable bonds is 3. The smallest absolute Gasteiger partial charge is 0.292 e. The topological polar surface area (TPSA) is 110 Å². The van der Waals surface area contributed by atoms with Crippen molar-refractivity contribution in [2.75, 3.05) is 18.8 Å². The van der Waals surface area contributed by atoms with Crippen LogP contribution in [-0.4, -0.2) is 40.0 Å². The number of hydrogen-bond donors (Lipinski definition) is 2. The van der Waals surface area contributed by atoms with Crippen LogP contribution < -0.4 is 5.73 Å². The number of carbonyl (C=O) groups excluding carboxylic acids is 1. The summed E-state index contributed by atoms with van der Waals surface area (Å²) in [6.07, 6.45) is 0.306. The van der Waals surface area contributed by atoms with Gasteiger partial charge < -0.3 is 15.7 Å². The molecular weight excluding hydrogens is 262 g/mol. The summed E-state index contributed by atoms with van der Waals surface area (Å²) in [5.74, 6) is -0.135. The van der Waals surface area contributed by atoms with Crippen LogP contribution in [0.2, 0.25) is 0 Å². The van der Waals surface area contributed by atoms with Crippen LogP contribution in [0.4, 0.5) is 11.4 Å². The number of carbonyl (C=O) groups is 1. The molecule has 0 bridgehead atoms. The van der Waals surface area contributed by atoms with Crippen molar-refractivity contribution in [1.82, 2.24) is 4.90 Å². The van der Waals surface area contributed by atoms with Crippen LogP contribution in [0, 0.1) is 16.0 Å². The molecule has 0 saturated carbocycles. The fraction of sp³-hybridized carbons (Fsp3) is 0.462. The minimum atomic E-state index is -0.580. The van der Waals surface area contributed by atoms with Crippen molar-refractivity contribution in [3.63, 3.8) is 0 Å². The van der Waals surface area contributed by atoms with Gasteiger partial charge in [-0.3, -0.25) is 14.9 Å². The first-order valence-electron chi connectivity index (χ1n) is 6.41. The molecular formula is C13H17N3O4. The molecule has 1 aromatic rings. The van der Waals surface area contributed by atoms with Crippen molar-refractivity contribution in [2.45, 2.75) is 19.4 Å². The summed E-state index contributed by atoms with van der Waals surface area (Å²) in [5, 5.41) is 20.2. The molecule has 108 valence electrons. The molecule has 1 aliphatic heterocycles. The minimum Gasteiger partial charge on any atom is -0.393 e. The van der Waals surface area contributed by atoms with E-state index < -0.39 is 11.0 Å². The Labute approximate surface area is 116 Å². The number of nitrogens with two attached hydrogens (primary N) is 1. The van der Waals surface area contributed by atoms with Gasteiger partial charge in [0.05, 0.1) is 11.0 Å². The maximum Gasteiger partial charge on any atom is 0.292 e. The maximum absolute atomic E-state index is 12.3. The highest BCUT2D eigenvalue weighted by Crippen LogP contribution is 2.25. The molecule has 1 amide bonds. The second-order valence-electron chi connectivity index (χ2n) is 5.07. The van der Waals surface area contributed by atoms with Gasteiger partial charge in [-0.2, -0.15) is 0 Å². The predicted octanol–water partition coefficient (Wildman–Crippen LogP) is 1.02. The molecule has 1 saturated heterocycles. The van der Waals surface area contributed by atoms with Gasteiger partial charge in [0.1, 0.15) is 5.69 Å². The summed E-state index contributed by atoms with van der Waals surface area (Å²) in [7, 11) is 0. The van der Waals surface area contributed by atoms with Crippen molar-refractivity contribution in [3.05, 3.63) is 33.9 Å². The molecule has 2 atom stereocenters. The SMILES string of the molecule is CC(O)C1CCN(C(=O)c2ccc([N+](=O)[O-])c(N)c2)C1. The Morgan fingerprint density at radius 2 is 2.30 bits per heavy atom. The molecule has 20 heavy (non-hydrogen) atoms. The van der Waals surface area contributed by atoms with Crippen molar-refractivity contribution >= 4 is 17.3 Å². The van der Waals surface area contributed by atoms with Crippen LogP contribution in [-0.2, 0) is 0 Å². The number of aliphatic hydroxyl groups excluding tert-OH is 1. The highest BCUT2D eigenvalue weighted by Gasteiger charge is 2.30. The zero-order chi connectivity index (χ0) is 14.9. The standard InChI is InChI=1S/C13H17N3O4/c1-8(17)10-4-5-15(7-10)13(18)9-2-3-12(16(19)20)11(14)6-9/h2-3,6,8,10,17H,4-5,7,14H2,1H3. The van der Waals surface area contributed by atoms with Gasteiger partial charge in [0, 0.05) is 30.6 Å². The van der Waals surface area contributed by atoms with Crippen LogP contribution in [0.15, 0.2) is 18.2 Å². The Morgan fingerprint density at radius 1 is 1.60 bits per heavy atom. The number of likely N-dealkylation sites (tertiary alicyclic amines) is 1. The highest BCUT2D eigenvalue weighted by atomic mass is 16.6. The fourth-order valence-corrected chi connectivity index (χ4v) is 2.40. The Balaban J connectivity index is 2.14. The first-order chi connectivity index (χ1) is 9.40. The molecule has 0 aliphatic carbocycles. The first-order valence-corrected chi connectivity index (χ1v) is 6.41. The molecule has 1 aromatic carbocycles. The number of nitro groups is 1. The van der Waals surface area contributed by atoms with E-state index in [1.54, 1.807) is 11.8 Å². The normalized spacial score (nSPS) is 19.9. The van der Waals surface area contributed by atoms with Gasteiger partial charge in [-0.1, -0.05) is 0 Å². The summed E-state index contributed by atoms with van der Waals surface area (Å²) in [6, 6.07) is 3.98. The van der Waals surface area contributed by atoms with Crippen LogP contribution in [0.5, 0.6) is 0 Å². The Morgan fingerprint density at radius 3 is 2.80 bits per heavy atom. The number of nitrogen functional groups attached to an aromatic ring is 1. The maximum atomic E-state index is 12.3. The predicted molar refractivity (Wildman–Crippen MR) is 73.2 cm³/mol. The van der Waals surface area contributed by atoms with Crippen LogP contribution in [0.25, 0.3) is 0 Å². The van der Waals surface area contributed by atoms with Gasteiger partial charge in [0.15, 0.2) is 0 Å². The third-order valence-corrected chi connectivity index (χ3v) is 3.67. The third-order valence-electron chi connectivity index (χ3n) is 3.67. The fourth-order valence-electron chi connectivity index (χ4n) is 2.40. The van der Waals surface area contributed by atoms with Crippen molar-refractivity contribution in [1.29, 1.82) is 0 Å². The Kier molecular flexibility index (Phi) is 3.89. The van der Waals surface area contributed by atoms with Gasteiger partial charge in [0.25, 0.3) is 11.6 Å². The quantitative estimate of drug-likeness (QED) is 0.487. The highest BCUT2D eigenvalue weighted by molar-refractivity contribution is 5.96. The monoisotopic (exact) mass is 279 g/mol. The van der Waals surface area contributed by atoms with E-state index in [4.69, 9.17) is 5.73 Å². The van der Waals surface area contributed by atoms with E-state index in [0.29, 0.717) is 18.7 Å². The second kappa shape index (κ2) is 5.46. The van der Waals surface area contributed by atoms with E-state index in [-0.39, 0.29) is 23.2 Å². The molecule has 0 spiro atoms. The van der Waals surface area contributed by atoms with E-state index in [1.807, 2.05) is 0 Å². The zero-order valence-electron chi connectivity index (χ0n) is 11.2. The molecule has 3 N–H and O–H groups in total. The van der Waals surface area contributed by atoms with Gasteiger partial charge in [-0.15, -0.1) is 0 Å². The summed E-state index contributed by atoms with van der Waals surface area (Å²) in [4.78, 5) is 24.0. The average Bonchev–Trinajstić information content (AvgIpc) is 2.87. The number of hydrogen-bond acceptors (Lipinski definition) is 5. The molecule has 0 aromatic heterocycles. The van der Waals surface area contributed by atoms with E-state index in [9.17, 15) is 20.0 Å². The largest absolute Gasteiger partial charge is 0.393 e. The van der Waals surface area contributed by atoms with Gasteiger partial charge in [-0.05, 0) is 25.5 Å². The number of aliphatic hydroxyl groups is 1. The lowest BCUT2D eigenvalue weighted by Crippen LogP contribution is -2.30. The van der Waals surface area contributed by atoms with E-state index in [2.05, 4.69) is 0 Å². The third kappa shape index (κ3) is 2.72. The second-order valence-corrected chi connectivity index (χ2v) is 5.07. The minimum absolute atomic E-state index is 0.0212. The number of amides is 1. The molecule has 1 aliphatic rings. The molecule has 7 heteroatoms. The summed E-state index contributed by atoms with van der Waals surface area (Å²) in [6.45, 7) is 2.78. The van der Waals surface area contributed by atoms with Crippen molar-refractivity contribution in [2.24, 2.45) is 5.92 Å². The van der Waals surface area contributed by atoms with Crippen LogP contribution in [0.3, 0.4) is 0 Å². The summed E-state index contributed by atoms with van der Waals surface area (Å²) < 4.78 is 0. The number of anilines is 1. The van der Waals surface area contributed by atoms with E-state index in [1.165, 1.54) is 18.2 Å². The molecule has 1 fully saturated rings. The van der Waals surface area contributed by atoms with E-state index >= 15 is 0 Å². The van der Waals surface area contributed by atoms with Gasteiger partial charge in [0.2, 0.25) is 0 Å². The first kappa shape index (κ1) is 14.3. The van der Waals surface area contributed by atoms with E-state index in [0.717, 1.165) is 6.42 Å². The molecule has 0 radical (unpaired) electrons. The number of nitrogens with zero attached hydrogens (tertiary/aromatic N) is 2. The zero-order valence-corrected chi connectivity index (χ0v) is 11.2. The molecule has 2 unspecified atom stereocenters. The van der Waals surface area contributed by atoms with Gasteiger partial charge in [-0.25, -0.2) is 0 Å². The number of benzene rings is 1. The molecule has 7 nitrogen and oxygen atoms in total. The molecule has 2 rings (SSSR count). The number of nitro benzene ring substituents is 1. The average molecular weight is 279 g/mol. The van der Waals surface area contributed by atoms with Crippen LogP contribution >= 0.6 is 0 Å². The van der Waals surface area contributed by atoms with Gasteiger partial charge >= 0.3 is 0 Å². The summed E-state index contributed by atoms with van der Waals surface area (Å²) in [5.41, 5.74) is 5.69. The van der Waals surface area contributed by atoms with Crippen molar-refractivity contribution < 1.29 is 14.8 Å². The van der Waals surface area contributed by atoms with Crippen LogP contribution in [0.1, 0.15) is 23.7 Å². The summed E-state index contributed by atoms with van der Waals surface area (Å²) >= 11 is 0. The Hall–Kier alpha value is -2.15. The lowest BCUT2D eigenvalue weighted by molar-refractivity contribution is -0.383. The van der Waals surface area contributed by atoms with Crippen molar-refractivity contribution in [3.8, 4) is 0 Å².